The number of amides is 1. The number of aryl methyl sites for hydroxylation is 1. The summed E-state index contributed by atoms with van der Waals surface area (Å²) in [6, 6.07) is 9.73. The van der Waals surface area contributed by atoms with Gasteiger partial charge in [0.25, 0.3) is 5.91 Å². The van der Waals surface area contributed by atoms with E-state index in [1.54, 1.807) is 24.3 Å². The lowest BCUT2D eigenvalue weighted by molar-refractivity contribution is 0.0955. The Morgan fingerprint density at radius 3 is 2.28 bits per heavy atom. The van der Waals surface area contributed by atoms with Gasteiger partial charge in [0, 0.05) is 18.2 Å². The van der Waals surface area contributed by atoms with E-state index in [9.17, 15) is 22.0 Å². The maximum Gasteiger partial charge on any atom is 0.251 e. The molecule has 0 atom stereocenters. The Morgan fingerprint density at radius 2 is 1.72 bits per heavy atom. The average Bonchev–Trinajstić information content (AvgIpc) is 2.53. The van der Waals surface area contributed by atoms with Gasteiger partial charge in [0.05, 0.1) is 18.5 Å². The van der Waals surface area contributed by atoms with Gasteiger partial charge in [0.15, 0.2) is 11.6 Å². The second kappa shape index (κ2) is 7.60. The molecule has 0 aliphatic carbocycles. The minimum atomic E-state index is -3.72. The van der Waals surface area contributed by atoms with Crippen LogP contribution < -0.4 is 9.62 Å². The maximum absolute atomic E-state index is 13.4. The van der Waals surface area contributed by atoms with Gasteiger partial charge in [-0.15, -0.1) is 0 Å². The molecule has 8 heteroatoms. The monoisotopic (exact) mass is 368 g/mol. The van der Waals surface area contributed by atoms with Crippen LogP contribution in [0.15, 0.2) is 42.5 Å². The lowest BCUT2D eigenvalue weighted by Crippen LogP contribution is -2.38. The number of nitrogens with one attached hydrogen (secondary N) is 1. The van der Waals surface area contributed by atoms with Crippen LogP contribution in [0.3, 0.4) is 0 Å². The highest BCUT2D eigenvalue weighted by molar-refractivity contribution is 7.92. The first-order chi connectivity index (χ1) is 11.7. The van der Waals surface area contributed by atoms with E-state index in [-0.39, 0.29) is 24.7 Å². The molecule has 0 bridgehead atoms. The number of benzene rings is 2. The highest BCUT2D eigenvalue weighted by Gasteiger charge is 2.19. The SMILES string of the molecule is Cc1ccc(C(=O)NCCN(c2ccc(F)c(F)c2)S(C)(=O)=O)cc1. The van der Waals surface area contributed by atoms with Gasteiger partial charge >= 0.3 is 0 Å². The van der Waals surface area contributed by atoms with Crippen molar-refractivity contribution in [2.24, 2.45) is 0 Å². The number of rotatable bonds is 6. The van der Waals surface area contributed by atoms with Crippen molar-refractivity contribution >= 4 is 21.6 Å². The Bertz CT molecular complexity index is 868. The molecule has 1 N–H and O–H groups in total. The minimum Gasteiger partial charge on any atom is -0.350 e. The molecule has 2 rings (SSSR count). The fourth-order valence-corrected chi connectivity index (χ4v) is 3.12. The average molecular weight is 368 g/mol. The van der Waals surface area contributed by atoms with E-state index in [0.29, 0.717) is 5.56 Å². The van der Waals surface area contributed by atoms with E-state index in [1.165, 1.54) is 6.07 Å². The first-order valence-corrected chi connectivity index (χ1v) is 9.31. The van der Waals surface area contributed by atoms with Crippen LogP contribution >= 0.6 is 0 Å². The van der Waals surface area contributed by atoms with E-state index >= 15 is 0 Å². The topological polar surface area (TPSA) is 66.5 Å². The van der Waals surface area contributed by atoms with Crippen molar-refractivity contribution in [2.45, 2.75) is 6.92 Å². The molecule has 0 spiro atoms. The third-order valence-electron chi connectivity index (χ3n) is 3.51. The summed E-state index contributed by atoms with van der Waals surface area (Å²) in [6.45, 7) is 1.80. The molecule has 0 unspecified atom stereocenters. The van der Waals surface area contributed by atoms with Crippen LogP contribution in [-0.2, 0) is 10.0 Å². The summed E-state index contributed by atoms with van der Waals surface area (Å²) >= 11 is 0. The van der Waals surface area contributed by atoms with E-state index in [1.807, 2.05) is 6.92 Å². The standard InChI is InChI=1S/C17H18F2N2O3S/c1-12-3-5-13(6-4-12)17(22)20-9-10-21(25(2,23)24)14-7-8-15(18)16(19)11-14/h3-8,11H,9-10H2,1-2H3,(H,20,22). The molecule has 2 aromatic carbocycles. The summed E-state index contributed by atoms with van der Waals surface area (Å²) < 4.78 is 51.1. The number of halogens is 2. The second-order valence-corrected chi connectivity index (χ2v) is 7.46. The van der Waals surface area contributed by atoms with Gasteiger partial charge in [-0.2, -0.15) is 0 Å². The van der Waals surface area contributed by atoms with Crippen molar-refractivity contribution in [3.8, 4) is 0 Å². The van der Waals surface area contributed by atoms with E-state index in [4.69, 9.17) is 0 Å². The van der Waals surface area contributed by atoms with Crippen LogP contribution in [0.5, 0.6) is 0 Å². The molecular weight excluding hydrogens is 350 g/mol. The number of carbonyl (C=O) groups excluding carboxylic acids is 1. The Morgan fingerprint density at radius 1 is 1.08 bits per heavy atom. The molecule has 0 fully saturated rings. The smallest absolute Gasteiger partial charge is 0.251 e. The van der Waals surface area contributed by atoms with Crippen LogP contribution in [0.4, 0.5) is 14.5 Å². The summed E-state index contributed by atoms with van der Waals surface area (Å²) in [7, 11) is -3.72. The molecule has 1 amide bonds. The van der Waals surface area contributed by atoms with Gasteiger partial charge in [-0.25, -0.2) is 17.2 Å². The van der Waals surface area contributed by atoms with Crippen molar-refractivity contribution in [1.29, 1.82) is 0 Å². The Labute approximate surface area is 145 Å². The Kier molecular flexibility index (Phi) is 5.73. The zero-order chi connectivity index (χ0) is 18.6. The lowest BCUT2D eigenvalue weighted by atomic mass is 10.1. The minimum absolute atomic E-state index is 0.00835. The molecule has 25 heavy (non-hydrogen) atoms. The van der Waals surface area contributed by atoms with E-state index in [0.717, 1.165) is 28.3 Å². The predicted octanol–water partition coefficient (Wildman–Crippen LogP) is 2.47. The lowest BCUT2D eigenvalue weighted by Gasteiger charge is -2.22. The molecule has 0 saturated heterocycles. The number of sulfonamides is 1. The van der Waals surface area contributed by atoms with Gasteiger partial charge in [0.1, 0.15) is 0 Å². The predicted molar refractivity (Wildman–Crippen MR) is 92.1 cm³/mol. The van der Waals surface area contributed by atoms with Crippen LogP contribution in [0.2, 0.25) is 0 Å². The number of hydrogen-bond acceptors (Lipinski definition) is 3. The van der Waals surface area contributed by atoms with Crippen molar-refractivity contribution in [3.05, 3.63) is 65.2 Å². The van der Waals surface area contributed by atoms with Gasteiger partial charge in [-0.05, 0) is 31.2 Å². The first-order valence-electron chi connectivity index (χ1n) is 7.46. The number of anilines is 1. The number of carbonyl (C=O) groups is 1. The Balaban J connectivity index is 2.07. The molecule has 0 aliphatic rings. The van der Waals surface area contributed by atoms with Gasteiger partial charge < -0.3 is 5.32 Å². The molecule has 5 nitrogen and oxygen atoms in total. The molecule has 0 aromatic heterocycles. The fourth-order valence-electron chi connectivity index (χ4n) is 2.20. The van der Waals surface area contributed by atoms with Crippen LogP contribution in [0, 0.1) is 18.6 Å². The summed E-state index contributed by atoms with van der Waals surface area (Å²) in [4.78, 5) is 12.0. The third-order valence-corrected chi connectivity index (χ3v) is 4.70. The Hall–Kier alpha value is -2.48. The largest absolute Gasteiger partial charge is 0.350 e. The van der Waals surface area contributed by atoms with Gasteiger partial charge in [-0.1, -0.05) is 17.7 Å². The molecule has 0 saturated carbocycles. The zero-order valence-corrected chi connectivity index (χ0v) is 14.6. The summed E-state index contributed by atoms with van der Waals surface area (Å²) in [5.74, 6) is -2.56. The quantitative estimate of drug-likeness (QED) is 0.852. The van der Waals surface area contributed by atoms with Crippen LogP contribution in [0.25, 0.3) is 0 Å². The highest BCUT2D eigenvalue weighted by atomic mass is 32.2. The molecular formula is C17H18F2N2O3S. The highest BCUT2D eigenvalue weighted by Crippen LogP contribution is 2.20. The van der Waals surface area contributed by atoms with Crippen molar-refractivity contribution in [2.75, 3.05) is 23.7 Å². The molecule has 0 radical (unpaired) electrons. The first kappa shape index (κ1) is 18.9. The van der Waals surface area contributed by atoms with E-state index < -0.39 is 21.7 Å². The molecule has 0 heterocycles. The fraction of sp³-hybridized carbons (Fsp3) is 0.235. The zero-order valence-electron chi connectivity index (χ0n) is 13.8. The molecule has 134 valence electrons. The summed E-state index contributed by atoms with van der Waals surface area (Å²) in [5.41, 5.74) is 1.45. The van der Waals surface area contributed by atoms with Crippen LogP contribution in [-0.4, -0.2) is 33.7 Å². The summed E-state index contributed by atoms with van der Waals surface area (Å²) in [6.07, 6.45) is 0.954. The molecule has 0 aliphatic heterocycles. The van der Waals surface area contributed by atoms with Crippen molar-refractivity contribution in [3.63, 3.8) is 0 Å². The van der Waals surface area contributed by atoms with Crippen LogP contribution in [0.1, 0.15) is 15.9 Å². The maximum atomic E-state index is 13.4. The van der Waals surface area contributed by atoms with Crippen molar-refractivity contribution < 1.29 is 22.0 Å². The number of hydrogen-bond donors (Lipinski definition) is 1. The molecule has 2 aromatic rings. The van der Waals surface area contributed by atoms with E-state index in [2.05, 4.69) is 5.32 Å². The normalized spacial score (nSPS) is 11.2. The second-order valence-electron chi connectivity index (χ2n) is 5.56. The van der Waals surface area contributed by atoms with Gasteiger partial charge in [-0.3, -0.25) is 9.10 Å². The van der Waals surface area contributed by atoms with Crippen molar-refractivity contribution in [1.82, 2.24) is 5.32 Å². The van der Waals surface area contributed by atoms with Gasteiger partial charge in [0.2, 0.25) is 10.0 Å². The summed E-state index contributed by atoms with van der Waals surface area (Å²) in [5, 5.41) is 2.60. The third kappa shape index (κ3) is 4.99. The number of nitrogens with zero attached hydrogens (tertiary/aromatic N) is 1.